The Balaban J connectivity index is 1.89. The molecule has 2 aliphatic heterocycles. The smallest absolute Gasteiger partial charge is 0.250 e. The fraction of sp³-hybridized carbons (Fsp3) is 0.250. The fourth-order valence-electron chi connectivity index (χ4n) is 4.44. The van der Waals surface area contributed by atoms with Crippen molar-refractivity contribution in [1.82, 2.24) is 9.47 Å². The summed E-state index contributed by atoms with van der Waals surface area (Å²) in [6.07, 6.45) is 5.88. The number of fused-ring (bicyclic) bond motifs is 1. The number of halogens is 1. The number of amides is 1. The predicted molar refractivity (Wildman–Crippen MR) is 123 cm³/mol. The van der Waals surface area contributed by atoms with Crippen LogP contribution < -0.4 is 10.5 Å². The van der Waals surface area contributed by atoms with Crippen molar-refractivity contribution in [1.29, 1.82) is 0 Å². The topological polar surface area (TPSA) is 45.6 Å². The molecule has 1 fully saturated rings. The van der Waals surface area contributed by atoms with E-state index in [1.165, 1.54) is 6.08 Å². The second-order valence-electron chi connectivity index (χ2n) is 7.86. The number of carbonyl (C=O) groups is 1. The van der Waals surface area contributed by atoms with Gasteiger partial charge >= 0.3 is 0 Å². The highest BCUT2D eigenvalue weighted by atomic mass is 35.5. The Kier molecular flexibility index (Phi) is 4.94. The van der Waals surface area contributed by atoms with Crippen molar-refractivity contribution in [2.45, 2.75) is 18.9 Å². The summed E-state index contributed by atoms with van der Waals surface area (Å²) in [5, 5.41) is 1.61. The van der Waals surface area contributed by atoms with Gasteiger partial charge < -0.3 is 14.4 Å². The molecule has 1 saturated heterocycles. The van der Waals surface area contributed by atoms with Crippen molar-refractivity contribution in [3.63, 3.8) is 0 Å². The van der Waals surface area contributed by atoms with E-state index in [9.17, 15) is 9.59 Å². The molecule has 0 aliphatic carbocycles. The van der Waals surface area contributed by atoms with Crippen LogP contribution in [-0.2, 0) is 11.8 Å². The normalized spacial score (nSPS) is 21.6. The van der Waals surface area contributed by atoms with Crippen LogP contribution in [0.4, 0.5) is 5.69 Å². The zero-order chi connectivity index (χ0) is 21.6. The van der Waals surface area contributed by atoms with Crippen molar-refractivity contribution in [3.05, 3.63) is 88.4 Å². The lowest BCUT2D eigenvalue weighted by Crippen LogP contribution is -2.50. The third-order valence-electron chi connectivity index (χ3n) is 6.33. The van der Waals surface area contributed by atoms with E-state index in [0.29, 0.717) is 24.5 Å². The Morgan fingerprint density at radius 3 is 2.73 bits per heavy atom. The summed E-state index contributed by atoms with van der Waals surface area (Å²) in [7, 11) is 1.77. The van der Waals surface area contributed by atoms with Crippen LogP contribution in [0.2, 0.25) is 0 Å². The molecule has 1 spiro atoms. The number of anilines is 1. The van der Waals surface area contributed by atoms with Crippen molar-refractivity contribution in [3.8, 4) is 0 Å². The molecule has 3 heterocycles. The first-order valence-corrected chi connectivity index (χ1v) is 10.2. The molecule has 1 atom stereocenters. The fourth-order valence-corrected chi connectivity index (χ4v) is 4.61. The van der Waals surface area contributed by atoms with Gasteiger partial charge in [-0.05, 0) is 60.2 Å². The Morgan fingerprint density at radius 2 is 2.00 bits per heavy atom. The third-order valence-corrected chi connectivity index (χ3v) is 6.74. The molecule has 2 aromatic rings. The average Bonchev–Trinajstić information content (AvgIpc) is 3.18. The quantitative estimate of drug-likeness (QED) is 0.686. The highest BCUT2D eigenvalue weighted by Crippen LogP contribution is 2.44. The minimum absolute atomic E-state index is 0.0608. The molecule has 1 aromatic carbocycles. The van der Waals surface area contributed by atoms with Crippen molar-refractivity contribution < 1.29 is 4.79 Å². The van der Waals surface area contributed by atoms with Crippen LogP contribution in [-0.4, -0.2) is 34.0 Å². The summed E-state index contributed by atoms with van der Waals surface area (Å²) in [6, 6.07) is 9.43. The molecule has 1 aromatic heterocycles. The van der Waals surface area contributed by atoms with Crippen LogP contribution in [0.3, 0.4) is 0 Å². The zero-order valence-corrected chi connectivity index (χ0v) is 17.9. The molecular weight excluding hydrogens is 398 g/mol. The van der Waals surface area contributed by atoms with Crippen molar-refractivity contribution in [2.24, 2.45) is 7.05 Å². The van der Waals surface area contributed by atoms with Crippen LogP contribution >= 0.6 is 11.6 Å². The standard InChI is InChI=1S/C24H24ClN3O2/c1-5-22(29)27-13-11-24(15-27)17(3)16(2)20(25)10-12-28(24)19-8-6-18-7-9-23(30)26(4)21(18)14-19/h5-10,12,14H,1,3,11,13,15H2,2,4H3/t24-/m0/s1. The lowest BCUT2D eigenvalue weighted by molar-refractivity contribution is -0.125. The first-order valence-electron chi connectivity index (χ1n) is 9.83. The number of carbonyl (C=O) groups excluding carboxylic acids is 1. The summed E-state index contributed by atoms with van der Waals surface area (Å²) < 4.78 is 1.64. The van der Waals surface area contributed by atoms with E-state index in [0.717, 1.165) is 27.7 Å². The minimum Gasteiger partial charge on any atom is -0.336 e. The number of nitrogens with zero attached hydrogens (tertiary/aromatic N) is 3. The molecule has 5 nitrogen and oxygen atoms in total. The maximum atomic E-state index is 12.3. The summed E-state index contributed by atoms with van der Waals surface area (Å²) in [4.78, 5) is 28.4. The van der Waals surface area contributed by atoms with E-state index in [1.54, 1.807) is 22.6 Å². The summed E-state index contributed by atoms with van der Waals surface area (Å²) in [5.74, 6) is -0.0958. The second-order valence-corrected chi connectivity index (χ2v) is 8.26. The number of aromatic nitrogens is 1. The zero-order valence-electron chi connectivity index (χ0n) is 17.2. The van der Waals surface area contributed by atoms with Crippen LogP contribution in [0, 0.1) is 0 Å². The van der Waals surface area contributed by atoms with E-state index in [-0.39, 0.29) is 11.5 Å². The van der Waals surface area contributed by atoms with Gasteiger partial charge in [-0.2, -0.15) is 0 Å². The summed E-state index contributed by atoms with van der Waals surface area (Å²) in [5.41, 5.74) is 2.96. The molecule has 4 rings (SSSR count). The van der Waals surface area contributed by atoms with Crippen LogP contribution in [0.1, 0.15) is 13.3 Å². The minimum atomic E-state index is -0.531. The van der Waals surface area contributed by atoms with Gasteiger partial charge in [0.25, 0.3) is 5.56 Å². The highest BCUT2D eigenvalue weighted by Gasteiger charge is 2.47. The molecular formula is C24H24ClN3O2. The maximum absolute atomic E-state index is 12.3. The Hall–Kier alpha value is -3.05. The van der Waals surface area contributed by atoms with Gasteiger partial charge in [-0.1, -0.05) is 30.8 Å². The van der Waals surface area contributed by atoms with Gasteiger partial charge in [0.2, 0.25) is 5.91 Å². The highest BCUT2D eigenvalue weighted by molar-refractivity contribution is 6.32. The molecule has 0 bridgehead atoms. The van der Waals surface area contributed by atoms with Gasteiger partial charge in [0, 0.05) is 43.1 Å². The average molecular weight is 422 g/mol. The van der Waals surface area contributed by atoms with Crippen LogP contribution in [0.15, 0.2) is 82.8 Å². The van der Waals surface area contributed by atoms with Gasteiger partial charge in [0.1, 0.15) is 0 Å². The molecule has 0 N–H and O–H groups in total. The Morgan fingerprint density at radius 1 is 1.27 bits per heavy atom. The number of hydrogen-bond acceptors (Lipinski definition) is 3. The lowest BCUT2D eigenvalue weighted by Gasteiger charge is -2.42. The number of benzene rings is 1. The van der Waals surface area contributed by atoms with Crippen molar-refractivity contribution >= 4 is 34.1 Å². The number of likely N-dealkylation sites (tertiary alicyclic amines) is 1. The molecule has 0 unspecified atom stereocenters. The monoisotopic (exact) mass is 421 g/mol. The Bertz CT molecular complexity index is 1210. The van der Waals surface area contributed by atoms with Gasteiger partial charge in [-0.15, -0.1) is 0 Å². The van der Waals surface area contributed by atoms with Gasteiger partial charge in [-0.25, -0.2) is 0 Å². The van der Waals surface area contributed by atoms with Crippen LogP contribution in [0.5, 0.6) is 0 Å². The van der Waals surface area contributed by atoms with E-state index in [1.807, 2.05) is 43.5 Å². The first kappa shape index (κ1) is 20.2. The number of rotatable bonds is 2. The lowest BCUT2D eigenvalue weighted by atomic mass is 9.83. The van der Waals surface area contributed by atoms with E-state index in [2.05, 4.69) is 18.1 Å². The van der Waals surface area contributed by atoms with Gasteiger partial charge in [0.05, 0.1) is 11.1 Å². The summed E-state index contributed by atoms with van der Waals surface area (Å²) in [6.45, 7) is 11.1. The van der Waals surface area contributed by atoms with Crippen molar-refractivity contribution in [2.75, 3.05) is 18.0 Å². The van der Waals surface area contributed by atoms with Gasteiger partial charge in [-0.3, -0.25) is 9.59 Å². The molecule has 1 amide bonds. The number of allylic oxidation sites excluding steroid dienone is 2. The third kappa shape index (κ3) is 3.01. The SMILES string of the molecule is C=CC(=O)N1CC[C@]2(C1)C(=C)C(C)=C(Cl)C=CN2c1ccc2ccc(=O)n(C)c2c1. The summed E-state index contributed by atoms with van der Waals surface area (Å²) >= 11 is 6.51. The molecule has 2 aliphatic rings. The Labute approximate surface area is 180 Å². The molecule has 0 saturated carbocycles. The molecule has 154 valence electrons. The molecule has 30 heavy (non-hydrogen) atoms. The maximum Gasteiger partial charge on any atom is 0.250 e. The number of aryl methyl sites for hydroxylation is 1. The first-order chi connectivity index (χ1) is 14.3. The van der Waals surface area contributed by atoms with E-state index < -0.39 is 5.54 Å². The largest absolute Gasteiger partial charge is 0.336 e. The second kappa shape index (κ2) is 7.33. The predicted octanol–water partition coefficient (Wildman–Crippen LogP) is 4.10. The molecule has 0 radical (unpaired) electrons. The number of pyridine rings is 1. The molecule has 6 heteroatoms. The number of hydrogen-bond donors (Lipinski definition) is 0. The van der Waals surface area contributed by atoms with E-state index in [4.69, 9.17) is 11.6 Å². The van der Waals surface area contributed by atoms with Crippen LogP contribution in [0.25, 0.3) is 10.9 Å². The van der Waals surface area contributed by atoms with E-state index >= 15 is 0 Å². The van der Waals surface area contributed by atoms with Gasteiger partial charge in [0.15, 0.2) is 0 Å².